The monoisotopic (exact) mass is 272 g/mol. The number of esters is 1. The van der Waals surface area contributed by atoms with E-state index in [0.717, 1.165) is 6.07 Å². The third-order valence-electron chi connectivity index (χ3n) is 2.49. The standard InChI is InChI=1S/C11H11F2N2O2P/c1-2-17-10(16)11(12,13)8-3-5-14-9-7(8)4-6-15(9)18/h3-6H,2,18H2,1H3. The lowest BCUT2D eigenvalue weighted by molar-refractivity contribution is -0.172. The van der Waals surface area contributed by atoms with Gasteiger partial charge in [-0.05, 0) is 28.4 Å². The normalized spacial score (nSPS) is 11.8. The van der Waals surface area contributed by atoms with Crippen molar-refractivity contribution >= 4 is 26.4 Å². The first-order valence-corrected chi connectivity index (χ1v) is 5.76. The molecule has 1 unspecified atom stereocenters. The van der Waals surface area contributed by atoms with Crippen LogP contribution < -0.4 is 0 Å². The summed E-state index contributed by atoms with van der Waals surface area (Å²) in [6, 6.07) is 2.61. The lowest BCUT2D eigenvalue weighted by atomic mass is 10.1. The van der Waals surface area contributed by atoms with Gasteiger partial charge in [0.25, 0.3) is 0 Å². The predicted octanol–water partition coefficient (Wildman–Crippen LogP) is 2.33. The summed E-state index contributed by atoms with van der Waals surface area (Å²) in [5.74, 6) is -5.22. The van der Waals surface area contributed by atoms with E-state index in [1.54, 1.807) is 6.20 Å². The van der Waals surface area contributed by atoms with E-state index < -0.39 is 17.5 Å². The number of pyridine rings is 1. The summed E-state index contributed by atoms with van der Waals surface area (Å²) in [6.07, 6.45) is 2.82. The molecule has 0 radical (unpaired) electrons. The number of fused-ring (bicyclic) bond motifs is 1. The van der Waals surface area contributed by atoms with Gasteiger partial charge < -0.3 is 9.07 Å². The molecule has 2 rings (SSSR count). The Kier molecular flexibility index (Phi) is 3.30. The van der Waals surface area contributed by atoms with Crippen molar-refractivity contribution in [1.82, 2.24) is 9.32 Å². The Morgan fingerprint density at radius 1 is 1.56 bits per heavy atom. The summed E-state index contributed by atoms with van der Waals surface area (Å²) < 4.78 is 33.8. The van der Waals surface area contributed by atoms with Crippen molar-refractivity contribution in [3.63, 3.8) is 0 Å². The van der Waals surface area contributed by atoms with E-state index in [9.17, 15) is 13.6 Å². The van der Waals surface area contributed by atoms with Crippen molar-refractivity contribution in [2.75, 3.05) is 6.61 Å². The molecule has 2 aromatic rings. The van der Waals surface area contributed by atoms with Crippen LogP contribution in [0.2, 0.25) is 0 Å². The maximum atomic E-state index is 14.0. The average molecular weight is 272 g/mol. The van der Waals surface area contributed by atoms with Gasteiger partial charge in [0.15, 0.2) is 0 Å². The van der Waals surface area contributed by atoms with Crippen molar-refractivity contribution in [1.29, 1.82) is 0 Å². The van der Waals surface area contributed by atoms with Crippen molar-refractivity contribution < 1.29 is 18.3 Å². The average Bonchev–Trinajstić information content (AvgIpc) is 2.71. The lowest BCUT2D eigenvalue weighted by Gasteiger charge is -2.15. The number of hydrogen-bond donors (Lipinski definition) is 0. The highest BCUT2D eigenvalue weighted by Crippen LogP contribution is 2.34. The molecule has 2 aromatic heterocycles. The molecule has 0 amide bonds. The van der Waals surface area contributed by atoms with Crippen molar-refractivity contribution in [3.05, 3.63) is 30.1 Å². The molecule has 0 aromatic carbocycles. The third kappa shape index (κ3) is 1.97. The SMILES string of the molecule is CCOC(=O)C(F)(F)c1ccnc2c1ccn2P. The minimum absolute atomic E-state index is 0.0900. The first-order valence-electron chi connectivity index (χ1n) is 5.25. The quantitative estimate of drug-likeness (QED) is 0.636. The summed E-state index contributed by atoms with van der Waals surface area (Å²) >= 11 is 0. The van der Waals surface area contributed by atoms with Crippen LogP contribution >= 0.6 is 9.39 Å². The molecule has 4 nitrogen and oxygen atoms in total. The second-order valence-corrected chi connectivity index (χ2v) is 4.17. The Morgan fingerprint density at radius 3 is 2.94 bits per heavy atom. The smallest absolute Gasteiger partial charge is 0.382 e. The molecule has 0 bridgehead atoms. The number of carbonyl (C=O) groups is 1. The number of nitrogens with zero attached hydrogens (tertiary/aromatic N) is 2. The zero-order valence-corrected chi connectivity index (χ0v) is 10.7. The number of rotatable bonds is 3. The molecular formula is C11H11F2N2O2P. The molecule has 0 aliphatic rings. The summed E-state index contributed by atoms with van der Waals surface area (Å²) in [7, 11) is 2.33. The minimum Gasteiger partial charge on any atom is -0.461 e. The van der Waals surface area contributed by atoms with E-state index >= 15 is 0 Å². The largest absolute Gasteiger partial charge is 0.461 e. The maximum absolute atomic E-state index is 14.0. The molecule has 18 heavy (non-hydrogen) atoms. The molecule has 0 saturated heterocycles. The molecule has 0 fully saturated rings. The third-order valence-corrected chi connectivity index (χ3v) is 2.90. The first-order chi connectivity index (χ1) is 8.48. The van der Waals surface area contributed by atoms with Gasteiger partial charge in [0, 0.05) is 23.3 Å². The molecule has 1 atom stereocenters. The molecule has 0 spiro atoms. The van der Waals surface area contributed by atoms with Crippen LogP contribution in [0.25, 0.3) is 11.0 Å². The van der Waals surface area contributed by atoms with Crippen molar-refractivity contribution in [2.24, 2.45) is 0 Å². The van der Waals surface area contributed by atoms with Crippen LogP contribution in [0.1, 0.15) is 12.5 Å². The second-order valence-electron chi connectivity index (χ2n) is 3.61. The highest BCUT2D eigenvalue weighted by atomic mass is 31.0. The molecule has 0 saturated carbocycles. The number of carbonyl (C=O) groups excluding carboxylic acids is 1. The van der Waals surface area contributed by atoms with Crippen LogP contribution in [0, 0.1) is 0 Å². The number of hydrogen-bond acceptors (Lipinski definition) is 3. The summed E-state index contributed by atoms with van der Waals surface area (Å²) in [5.41, 5.74) is -0.0337. The van der Waals surface area contributed by atoms with Gasteiger partial charge in [-0.25, -0.2) is 9.78 Å². The van der Waals surface area contributed by atoms with Gasteiger partial charge in [0.1, 0.15) is 5.65 Å². The number of ether oxygens (including phenoxy) is 1. The van der Waals surface area contributed by atoms with Crippen molar-refractivity contribution in [2.45, 2.75) is 12.8 Å². The summed E-state index contributed by atoms with van der Waals surface area (Å²) in [6.45, 7) is 1.39. The first kappa shape index (κ1) is 12.9. The van der Waals surface area contributed by atoms with Gasteiger partial charge in [-0.15, -0.1) is 0 Å². The van der Waals surface area contributed by atoms with Gasteiger partial charge in [0.05, 0.1) is 6.61 Å². The Bertz CT molecular complexity index is 598. The molecular weight excluding hydrogens is 261 g/mol. The van der Waals surface area contributed by atoms with E-state index in [-0.39, 0.29) is 12.0 Å². The van der Waals surface area contributed by atoms with E-state index in [4.69, 9.17) is 0 Å². The fourth-order valence-electron chi connectivity index (χ4n) is 1.66. The highest BCUT2D eigenvalue weighted by molar-refractivity contribution is 7.14. The maximum Gasteiger partial charge on any atom is 0.382 e. The summed E-state index contributed by atoms with van der Waals surface area (Å²) in [5, 5.41) is 0.227. The Hall–Kier alpha value is -1.55. The van der Waals surface area contributed by atoms with Crippen LogP contribution in [0.5, 0.6) is 0 Å². The zero-order chi connectivity index (χ0) is 13.3. The lowest BCUT2D eigenvalue weighted by Crippen LogP contribution is -2.28. The van der Waals surface area contributed by atoms with Gasteiger partial charge in [-0.3, -0.25) is 0 Å². The van der Waals surface area contributed by atoms with Gasteiger partial charge in [0.2, 0.25) is 0 Å². The Balaban J connectivity index is 2.56. The fourth-order valence-corrected chi connectivity index (χ4v) is 1.95. The predicted molar refractivity (Wildman–Crippen MR) is 65.4 cm³/mol. The van der Waals surface area contributed by atoms with E-state index in [1.807, 2.05) is 0 Å². The van der Waals surface area contributed by atoms with E-state index in [1.165, 1.54) is 23.5 Å². The molecule has 2 heterocycles. The molecule has 0 N–H and O–H groups in total. The Morgan fingerprint density at radius 2 is 2.28 bits per heavy atom. The number of halogens is 2. The minimum atomic E-state index is -3.68. The highest BCUT2D eigenvalue weighted by Gasteiger charge is 2.44. The van der Waals surface area contributed by atoms with Crippen LogP contribution in [-0.2, 0) is 15.5 Å². The molecule has 0 aliphatic heterocycles. The van der Waals surface area contributed by atoms with Gasteiger partial charge in [-0.1, -0.05) is 0 Å². The number of aromatic nitrogens is 2. The molecule has 96 valence electrons. The van der Waals surface area contributed by atoms with Gasteiger partial charge in [-0.2, -0.15) is 8.78 Å². The Labute approximate surface area is 104 Å². The number of alkyl halides is 2. The van der Waals surface area contributed by atoms with Gasteiger partial charge >= 0.3 is 11.9 Å². The van der Waals surface area contributed by atoms with Crippen molar-refractivity contribution in [3.8, 4) is 0 Å². The van der Waals surface area contributed by atoms with Crippen LogP contribution in [-0.4, -0.2) is 21.9 Å². The topological polar surface area (TPSA) is 44.1 Å². The van der Waals surface area contributed by atoms with Crippen LogP contribution in [0.15, 0.2) is 24.5 Å². The molecule has 7 heteroatoms. The van der Waals surface area contributed by atoms with Crippen LogP contribution in [0.3, 0.4) is 0 Å². The van der Waals surface area contributed by atoms with E-state index in [2.05, 4.69) is 19.1 Å². The van der Waals surface area contributed by atoms with Crippen LogP contribution in [0.4, 0.5) is 8.78 Å². The second kappa shape index (κ2) is 4.61. The molecule has 0 aliphatic carbocycles. The summed E-state index contributed by atoms with van der Waals surface area (Å²) in [4.78, 5) is 15.3. The fraction of sp³-hybridized carbons (Fsp3) is 0.273. The van der Waals surface area contributed by atoms with E-state index in [0.29, 0.717) is 5.65 Å². The zero-order valence-electron chi connectivity index (χ0n) is 9.56.